The summed E-state index contributed by atoms with van der Waals surface area (Å²) in [6.07, 6.45) is 3.71. The van der Waals surface area contributed by atoms with E-state index >= 15 is 0 Å². The molecule has 1 fully saturated rings. The van der Waals surface area contributed by atoms with Crippen molar-refractivity contribution in [3.05, 3.63) is 113 Å². The first-order valence-electron chi connectivity index (χ1n) is 12.8. The Balaban J connectivity index is 1.31. The monoisotopic (exact) mass is 551 g/mol. The van der Waals surface area contributed by atoms with Gasteiger partial charge in [0.05, 0.1) is 17.5 Å². The van der Waals surface area contributed by atoms with E-state index in [9.17, 15) is 14.7 Å². The maximum atomic E-state index is 13.3. The van der Waals surface area contributed by atoms with Gasteiger partial charge < -0.3 is 26.2 Å². The zero-order chi connectivity index (χ0) is 28.0. The van der Waals surface area contributed by atoms with Gasteiger partial charge in [0.25, 0.3) is 0 Å². The number of halogens is 1. The second-order valence-electron chi connectivity index (χ2n) is 9.98. The minimum absolute atomic E-state index is 0.0795. The molecule has 0 aromatic heterocycles. The molecule has 0 bridgehead atoms. The third-order valence-corrected chi connectivity index (χ3v) is 8.13. The molecule has 2 aliphatic rings. The van der Waals surface area contributed by atoms with Gasteiger partial charge in [-0.3, -0.25) is 4.79 Å². The van der Waals surface area contributed by atoms with E-state index in [-0.39, 0.29) is 23.1 Å². The van der Waals surface area contributed by atoms with Crippen molar-refractivity contribution in [2.75, 3.05) is 17.7 Å². The number of carbonyl (C=O) groups is 2. The van der Waals surface area contributed by atoms with Gasteiger partial charge in [-0.05, 0) is 70.6 Å². The molecule has 4 aromatic rings. The van der Waals surface area contributed by atoms with Crippen LogP contribution in [0.1, 0.15) is 33.8 Å². The van der Waals surface area contributed by atoms with Crippen LogP contribution in [-0.2, 0) is 10.2 Å². The van der Waals surface area contributed by atoms with Crippen molar-refractivity contribution in [3.8, 4) is 28.0 Å². The Morgan fingerprint density at radius 3 is 2.38 bits per heavy atom. The van der Waals surface area contributed by atoms with Gasteiger partial charge in [-0.25, -0.2) is 4.79 Å². The van der Waals surface area contributed by atoms with E-state index in [1.165, 1.54) is 13.3 Å². The summed E-state index contributed by atoms with van der Waals surface area (Å²) in [5.41, 5.74) is 11.9. The van der Waals surface area contributed by atoms with Crippen molar-refractivity contribution in [1.29, 1.82) is 0 Å². The molecule has 5 N–H and O–H groups in total. The molecule has 0 radical (unpaired) electrons. The number of amides is 1. The van der Waals surface area contributed by atoms with E-state index in [0.717, 1.165) is 39.1 Å². The van der Waals surface area contributed by atoms with Gasteiger partial charge in [0, 0.05) is 35.3 Å². The summed E-state index contributed by atoms with van der Waals surface area (Å²) in [7, 11) is 1.44. The van der Waals surface area contributed by atoms with E-state index in [1.807, 2.05) is 60.7 Å². The Labute approximate surface area is 236 Å². The molecule has 1 heterocycles. The lowest BCUT2D eigenvalue weighted by Gasteiger charge is -2.14. The van der Waals surface area contributed by atoms with E-state index < -0.39 is 11.4 Å². The van der Waals surface area contributed by atoms with Gasteiger partial charge in [-0.15, -0.1) is 0 Å². The molecular weight excluding hydrogens is 526 g/mol. The Bertz CT molecular complexity index is 1680. The van der Waals surface area contributed by atoms with Crippen molar-refractivity contribution >= 4 is 34.9 Å². The number of carboxylic acids is 1. The Hall–Kier alpha value is -4.75. The molecule has 1 aliphatic heterocycles. The highest BCUT2D eigenvalue weighted by molar-refractivity contribution is 6.34. The second-order valence-corrected chi connectivity index (χ2v) is 10.4. The lowest BCUT2D eigenvalue weighted by molar-refractivity contribution is -0.118. The second kappa shape index (κ2) is 9.77. The lowest BCUT2D eigenvalue weighted by Crippen LogP contribution is -2.21. The number of nitrogens with one attached hydrogen (secondary N) is 2. The van der Waals surface area contributed by atoms with E-state index in [4.69, 9.17) is 22.1 Å². The fraction of sp³-hybridized carbons (Fsp3) is 0.125. The first-order valence-corrected chi connectivity index (χ1v) is 13.1. The van der Waals surface area contributed by atoms with Crippen LogP contribution in [0.25, 0.3) is 22.3 Å². The topological polar surface area (TPSA) is 114 Å². The number of hydrogen-bond donors (Lipinski definition) is 4. The molecule has 0 saturated heterocycles. The smallest absolute Gasteiger partial charge is 0.339 e. The average Bonchev–Trinajstić information content (AvgIpc) is 3.67. The number of rotatable bonds is 7. The number of methoxy groups -OCH3 is 1. The van der Waals surface area contributed by atoms with Gasteiger partial charge in [0.15, 0.2) is 0 Å². The van der Waals surface area contributed by atoms with Crippen LogP contribution in [0.3, 0.4) is 0 Å². The van der Waals surface area contributed by atoms with Gasteiger partial charge in [-0.2, -0.15) is 0 Å². The highest BCUT2D eigenvalue weighted by atomic mass is 35.5. The summed E-state index contributed by atoms with van der Waals surface area (Å²) in [5, 5.41) is 16.3. The molecule has 1 aliphatic carbocycles. The predicted molar refractivity (Wildman–Crippen MR) is 157 cm³/mol. The van der Waals surface area contributed by atoms with Crippen LogP contribution in [0.2, 0.25) is 5.02 Å². The van der Waals surface area contributed by atoms with Crippen LogP contribution in [0.15, 0.2) is 91.3 Å². The zero-order valence-corrected chi connectivity index (χ0v) is 22.3. The molecule has 7 nitrogen and oxygen atoms in total. The van der Waals surface area contributed by atoms with Crippen LogP contribution in [0.5, 0.6) is 5.75 Å². The fourth-order valence-electron chi connectivity index (χ4n) is 5.69. The average molecular weight is 552 g/mol. The van der Waals surface area contributed by atoms with Gasteiger partial charge in [0.2, 0.25) is 5.91 Å². The molecule has 2 unspecified atom stereocenters. The molecule has 40 heavy (non-hydrogen) atoms. The molecular formula is C32H26ClN3O4. The lowest BCUT2D eigenvalue weighted by atomic mass is 9.89. The Morgan fingerprint density at radius 2 is 1.73 bits per heavy atom. The first kappa shape index (κ1) is 25.5. The van der Waals surface area contributed by atoms with Crippen molar-refractivity contribution in [3.63, 3.8) is 0 Å². The fourth-order valence-corrected chi connectivity index (χ4v) is 5.96. The molecule has 1 saturated carbocycles. The third-order valence-electron chi connectivity index (χ3n) is 7.82. The van der Waals surface area contributed by atoms with Crippen LogP contribution in [0.4, 0.5) is 11.4 Å². The number of carbonyl (C=O) groups excluding carboxylic acids is 1. The number of aromatic carboxylic acids is 1. The molecule has 1 amide bonds. The van der Waals surface area contributed by atoms with E-state index in [1.54, 1.807) is 24.4 Å². The van der Waals surface area contributed by atoms with Crippen LogP contribution >= 0.6 is 11.6 Å². The SMILES string of the molecule is COc1ccc(C2CC23C(=O)Nc2cc(Cl)c(-c4ccc(-c5ccc(N/C=C\N)cc5)cc4)cc23)cc1C(=O)O. The number of nitrogens with two attached hydrogens (primary N) is 1. The molecule has 1 spiro atoms. The third kappa shape index (κ3) is 4.15. The summed E-state index contributed by atoms with van der Waals surface area (Å²) >= 11 is 6.71. The van der Waals surface area contributed by atoms with Crippen molar-refractivity contribution in [1.82, 2.24) is 0 Å². The number of carboxylic acid groups (broad SMARTS) is 1. The number of hydrogen-bond acceptors (Lipinski definition) is 5. The largest absolute Gasteiger partial charge is 0.496 e. The molecule has 2 atom stereocenters. The number of anilines is 2. The molecule has 4 aromatic carbocycles. The van der Waals surface area contributed by atoms with Crippen LogP contribution in [0, 0.1) is 0 Å². The summed E-state index contributed by atoms with van der Waals surface area (Å²) in [6.45, 7) is 0. The first-order chi connectivity index (χ1) is 19.3. The van der Waals surface area contributed by atoms with E-state index in [0.29, 0.717) is 17.1 Å². The molecule has 8 heteroatoms. The molecule has 200 valence electrons. The van der Waals surface area contributed by atoms with Crippen LogP contribution in [-0.4, -0.2) is 24.1 Å². The highest BCUT2D eigenvalue weighted by Gasteiger charge is 2.65. The number of benzene rings is 4. The summed E-state index contributed by atoms with van der Waals surface area (Å²) in [4.78, 5) is 25.0. The van der Waals surface area contributed by atoms with Crippen molar-refractivity contribution in [2.24, 2.45) is 5.73 Å². The van der Waals surface area contributed by atoms with Crippen molar-refractivity contribution < 1.29 is 19.4 Å². The predicted octanol–water partition coefficient (Wildman–Crippen LogP) is 6.60. The normalized spacial score (nSPS) is 18.9. The van der Waals surface area contributed by atoms with Gasteiger partial charge in [-0.1, -0.05) is 54.1 Å². The zero-order valence-electron chi connectivity index (χ0n) is 21.6. The molecule has 6 rings (SSSR count). The summed E-state index contributed by atoms with van der Waals surface area (Å²) in [6, 6.07) is 25.1. The quantitative estimate of drug-likeness (QED) is 0.206. The summed E-state index contributed by atoms with van der Waals surface area (Å²) < 4.78 is 5.21. The maximum absolute atomic E-state index is 13.3. The number of fused-ring (bicyclic) bond motifs is 2. The minimum atomic E-state index is -1.07. The van der Waals surface area contributed by atoms with Gasteiger partial charge >= 0.3 is 5.97 Å². The Morgan fingerprint density at radius 1 is 1.05 bits per heavy atom. The minimum Gasteiger partial charge on any atom is -0.496 e. The van der Waals surface area contributed by atoms with Gasteiger partial charge in [0.1, 0.15) is 11.3 Å². The van der Waals surface area contributed by atoms with E-state index in [2.05, 4.69) is 10.6 Å². The van der Waals surface area contributed by atoms with Crippen molar-refractivity contribution in [2.45, 2.75) is 17.8 Å². The number of ether oxygens (including phenoxy) is 1. The standard InChI is InChI=1S/C32H26ClN3O4/c1-40-29-11-8-21(14-24(29)30(37)38)26-17-32(26)25-15-23(27(33)16-28(25)36-31(32)39)20-4-2-18(3-5-20)19-6-9-22(10-7-19)35-13-12-34/h2-16,26,35H,17,34H2,1H3,(H,36,39)(H,37,38)/b13-12-. The van der Waals surface area contributed by atoms with Crippen LogP contribution < -0.4 is 21.1 Å². The Kier molecular flexibility index (Phi) is 6.24. The maximum Gasteiger partial charge on any atom is 0.339 e. The summed E-state index contributed by atoms with van der Waals surface area (Å²) in [5.74, 6) is -1.02. The highest BCUT2D eigenvalue weighted by Crippen LogP contribution is 2.65.